The van der Waals surface area contributed by atoms with Gasteiger partial charge < -0.3 is 4.90 Å². The molecule has 2 saturated heterocycles. The summed E-state index contributed by atoms with van der Waals surface area (Å²) in [5.41, 5.74) is 0.719. The van der Waals surface area contributed by atoms with E-state index >= 15 is 0 Å². The Hall–Kier alpha value is -1.88. The Morgan fingerprint density at radius 3 is 2.18 bits per heavy atom. The van der Waals surface area contributed by atoms with Crippen molar-refractivity contribution in [3.8, 4) is 0 Å². The van der Waals surface area contributed by atoms with E-state index in [0.717, 1.165) is 31.2 Å². The third-order valence-corrected chi connectivity index (χ3v) is 5.05. The lowest BCUT2D eigenvalue weighted by atomic mass is 9.97. The van der Waals surface area contributed by atoms with Crippen LogP contribution in [0, 0.1) is 0 Å². The van der Waals surface area contributed by atoms with E-state index in [0.29, 0.717) is 11.1 Å². The molecular weight excluding hydrogens is 300 g/mol. The van der Waals surface area contributed by atoms with Gasteiger partial charge in [0, 0.05) is 22.7 Å². The summed E-state index contributed by atoms with van der Waals surface area (Å²) in [4.78, 5) is 16.7. The highest BCUT2D eigenvalue weighted by molar-refractivity contribution is 6.30. The average molecular weight is 317 g/mol. The standard InChI is InChI=1S/C16H17ClN4O/c17-12-3-1-11(2-4-12)16(22)20-13-5-6-14(20)10-15(9-13)21-18-7-8-19-21/h1-4,7-8,13-15H,5-6,9-10H2/t13-,14-/m0/s1. The van der Waals surface area contributed by atoms with Crippen LogP contribution < -0.4 is 0 Å². The molecule has 6 heteroatoms. The summed E-state index contributed by atoms with van der Waals surface area (Å²) in [7, 11) is 0. The molecular formula is C16H17ClN4O. The highest BCUT2D eigenvalue weighted by atomic mass is 35.5. The van der Waals surface area contributed by atoms with Gasteiger partial charge in [0.15, 0.2) is 0 Å². The van der Waals surface area contributed by atoms with Gasteiger partial charge in [-0.3, -0.25) is 4.79 Å². The zero-order chi connectivity index (χ0) is 15.1. The number of amides is 1. The Morgan fingerprint density at radius 1 is 1.00 bits per heavy atom. The second kappa shape index (κ2) is 5.39. The Balaban J connectivity index is 1.55. The molecule has 2 aromatic rings. The lowest BCUT2D eigenvalue weighted by Crippen LogP contribution is -2.47. The van der Waals surface area contributed by atoms with E-state index in [9.17, 15) is 4.79 Å². The Kier molecular flexibility index (Phi) is 3.37. The van der Waals surface area contributed by atoms with E-state index in [1.54, 1.807) is 29.3 Å². The van der Waals surface area contributed by atoms with Crippen LogP contribution in [-0.2, 0) is 0 Å². The number of nitrogens with zero attached hydrogens (tertiary/aromatic N) is 4. The molecule has 0 spiro atoms. The second-order valence-electron chi connectivity index (χ2n) is 6.08. The highest BCUT2D eigenvalue weighted by Gasteiger charge is 2.44. The van der Waals surface area contributed by atoms with Gasteiger partial charge in [0.25, 0.3) is 5.91 Å². The first-order valence-electron chi connectivity index (χ1n) is 7.66. The maximum Gasteiger partial charge on any atom is 0.254 e. The first-order valence-corrected chi connectivity index (χ1v) is 8.04. The van der Waals surface area contributed by atoms with Gasteiger partial charge >= 0.3 is 0 Å². The molecule has 114 valence electrons. The summed E-state index contributed by atoms with van der Waals surface area (Å²) in [6.45, 7) is 0. The summed E-state index contributed by atoms with van der Waals surface area (Å²) >= 11 is 5.91. The normalized spacial score (nSPS) is 27.1. The fourth-order valence-corrected chi connectivity index (χ4v) is 3.95. The molecule has 0 aliphatic carbocycles. The maximum atomic E-state index is 12.8. The predicted molar refractivity (Wildman–Crippen MR) is 82.7 cm³/mol. The fourth-order valence-electron chi connectivity index (χ4n) is 3.82. The highest BCUT2D eigenvalue weighted by Crippen LogP contribution is 2.41. The summed E-state index contributed by atoms with van der Waals surface area (Å²) in [5, 5.41) is 9.18. The van der Waals surface area contributed by atoms with Gasteiger partial charge in [-0.2, -0.15) is 15.0 Å². The Morgan fingerprint density at radius 2 is 1.59 bits per heavy atom. The molecule has 2 aliphatic rings. The van der Waals surface area contributed by atoms with Crippen LogP contribution >= 0.6 is 11.6 Å². The van der Waals surface area contributed by atoms with Crippen LogP contribution in [0.3, 0.4) is 0 Å². The number of carbonyl (C=O) groups is 1. The molecule has 1 aromatic heterocycles. The van der Waals surface area contributed by atoms with Crippen molar-refractivity contribution in [2.24, 2.45) is 0 Å². The largest absolute Gasteiger partial charge is 0.333 e. The van der Waals surface area contributed by atoms with Crippen molar-refractivity contribution >= 4 is 17.5 Å². The topological polar surface area (TPSA) is 51.0 Å². The molecule has 2 fully saturated rings. The van der Waals surface area contributed by atoms with E-state index in [2.05, 4.69) is 15.1 Å². The Labute approximate surface area is 133 Å². The van der Waals surface area contributed by atoms with Crippen molar-refractivity contribution in [2.45, 2.75) is 43.8 Å². The number of aromatic nitrogens is 3. The fraction of sp³-hybridized carbons (Fsp3) is 0.438. The molecule has 2 bridgehead atoms. The zero-order valence-corrected chi connectivity index (χ0v) is 12.9. The smallest absolute Gasteiger partial charge is 0.254 e. The van der Waals surface area contributed by atoms with Crippen molar-refractivity contribution in [2.75, 3.05) is 0 Å². The van der Waals surface area contributed by atoms with Crippen molar-refractivity contribution in [1.29, 1.82) is 0 Å². The molecule has 5 nitrogen and oxygen atoms in total. The number of halogens is 1. The van der Waals surface area contributed by atoms with Crippen LogP contribution in [0.25, 0.3) is 0 Å². The zero-order valence-electron chi connectivity index (χ0n) is 12.1. The van der Waals surface area contributed by atoms with Crippen LogP contribution in [0.15, 0.2) is 36.7 Å². The monoisotopic (exact) mass is 316 g/mol. The molecule has 2 aliphatic heterocycles. The van der Waals surface area contributed by atoms with Gasteiger partial charge in [0.1, 0.15) is 0 Å². The van der Waals surface area contributed by atoms with Crippen LogP contribution in [0.1, 0.15) is 42.1 Å². The third kappa shape index (κ3) is 2.29. The van der Waals surface area contributed by atoms with Gasteiger partial charge in [-0.05, 0) is 49.9 Å². The van der Waals surface area contributed by atoms with Crippen LogP contribution in [0.4, 0.5) is 0 Å². The molecule has 2 atom stereocenters. The SMILES string of the molecule is O=C(c1ccc(Cl)cc1)N1[C@H]2CC[C@H]1CC(n1nccn1)C2. The van der Waals surface area contributed by atoms with Gasteiger partial charge in [-0.15, -0.1) is 0 Å². The first kappa shape index (κ1) is 13.8. The number of fused-ring (bicyclic) bond motifs is 2. The lowest BCUT2D eigenvalue weighted by Gasteiger charge is -2.38. The Bertz CT molecular complexity index is 656. The van der Waals surface area contributed by atoms with E-state index in [1.165, 1.54) is 0 Å². The van der Waals surface area contributed by atoms with Crippen molar-refractivity contribution in [3.05, 3.63) is 47.2 Å². The molecule has 0 saturated carbocycles. The van der Waals surface area contributed by atoms with Crippen LogP contribution in [-0.4, -0.2) is 37.9 Å². The molecule has 0 radical (unpaired) electrons. The number of benzene rings is 1. The molecule has 1 aromatic carbocycles. The number of hydrogen-bond acceptors (Lipinski definition) is 3. The number of hydrogen-bond donors (Lipinski definition) is 0. The number of piperidine rings is 1. The number of carbonyl (C=O) groups excluding carboxylic acids is 1. The quantitative estimate of drug-likeness (QED) is 0.856. The molecule has 3 heterocycles. The molecule has 0 unspecified atom stereocenters. The van der Waals surface area contributed by atoms with E-state index in [1.807, 2.05) is 12.1 Å². The van der Waals surface area contributed by atoms with Crippen LogP contribution in [0.5, 0.6) is 0 Å². The van der Waals surface area contributed by atoms with E-state index in [4.69, 9.17) is 11.6 Å². The summed E-state index contributed by atoms with van der Waals surface area (Å²) in [5.74, 6) is 0.121. The molecule has 4 rings (SSSR count). The maximum absolute atomic E-state index is 12.8. The van der Waals surface area contributed by atoms with Gasteiger partial charge in [0.2, 0.25) is 0 Å². The van der Waals surface area contributed by atoms with Crippen LogP contribution in [0.2, 0.25) is 5.02 Å². The summed E-state index contributed by atoms with van der Waals surface area (Å²) < 4.78 is 0. The lowest BCUT2D eigenvalue weighted by molar-refractivity contribution is 0.0512. The van der Waals surface area contributed by atoms with Crippen molar-refractivity contribution in [3.63, 3.8) is 0 Å². The molecule has 22 heavy (non-hydrogen) atoms. The van der Waals surface area contributed by atoms with Gasteiger partial charge in [-0.1, -0.05) is 11.6 Å². The predicted octanol–water partition coefficient (Wildman–Crippen LogP) is 2.94. The molecule has 0 N–H and O–H groups in total. The minimum atomic E-state index is 0.121. The van der Waals surface area contributed by atoms with E-state index < -0.39 is 0 Å². The first-order chi connectivity index (χ1) is 10.7. The minimum Gasteiger partial charge on any atom is -0.333 e. The summed E-state index contributed by atoms with van der Waals surface area (Å²) in [6, 6.07) is 8.06. The second-order valence-corrected chi connectivity index (χ2v) is 6.52. The van der Waals surface area contributed by atoms with E-state index in [-0.39, 0.29) is 18.0 Å². The summed E-state index contributed by atoms with van der Waals surface area (Å²) in [6.07, 6.45) is 7.44. The van der Waals surface area contributed by atoms with Crippen molar-refractivity contribution in [1.82, 2.24) is 19.9 Å². The van der Waals surface area contributed by atoms with Gasteiger partial charge in [0.05, 0.1) is 18.4 Å². The minimum absolute atomic E-state index is 0.121. The van der Waals surface area contributed by atoms with Gasteiger partial charge in [-0.25, -0.2) is 0 Å². The average Bonchev–Trinajstić information content (AvgIpc) is 3.14. The number of rotatable bonds is 2. The third-order valence-electron chi connectivity index (χ3n) is 4.80. The molecule has 1 amide bonds. The van der Waals surface area contributed by atoms with Crippen molar-refractivity contribution < 1.29 is 4.79 Å².